The van der Waals surface area contributed by atoms with Gasteiger partial charge in [0, 0.05) is 42.5 Å². The average Bonchev–Trinajstić information content (AvgIpc) is 2.45. The Hall–Kier alpha value is -0.770. The average molecular weight is 311 g/mol. The van der Waals surface area contributed by atoms with Gasteiger partial charge in [0.2, 0.25) is 0 Å². The van der Waals surface area contributed by atoms with Crippen molar-refractivity contribution in [3.8, 4) is 0 Å². The van der Waals surface area contributed by atoms with Crippen LogP contribution in [0.25, 0.3) is 0 Å². The molecular formula is C17H27ClN2O. The zero-order valence-electron chi connectivity index (χ0n) is 13.3. The lowest BCUT2D eigenvalue weighted by Crippen LogP contribution is -2.35. The first kappa shape index (κ1) is 16.6. The second-order valence-electron chi connectivity index (χ2n) is 6.99. The number of rotatable bonds is 4. The van der Waals surface area contributed by atoms with Crippen molar-refractivity contribution in [3.05, 3.63) is 28.8 Å². The van der Waals surface area contributed by atoms with E-state index in [1.54, 1.807) is 0 Å². The van der Waals surface area contributed by atoms with E-state index in [1.807, 2.05) is 0 Å². The Morgan fingerprint density at radius 2 is 1.95 bits per heavy atom. The Kier molecular flexibility index (Phi) is 5.53. The predicted octanol–water partition coefficient (Wildman–Crippen LogP) is 3.44. The van der Waals surface area contributed by atoms with Crippen molar-refractivity contribution < 1.29 is 5.11 Å². The van der Waals surface area contributed by atoms with Gasteiger partial charge in [0.05, 0.1) is 0 Å². The molecule has 1 aromatic carbocycles. The molecule has 1 fully saturated rings. The molecule has 21 heavy (non-hydrogen) atoms. The molecule has 0 unspecified atom stereocenters. The fourth-order valence-electron chi connectivity index (χ4n) is 2.61. The highest BCUT2D eigenvalue weighted by Crippen LogP contribution is 2.27. The van der Waals surface area contributed by atoms with Crippen LogP contribution in [0.2, 0.25) is 5.02 Å². The van der Waals surface area contributed by atoms with Crippen molar-refractivity contribution in [2.45, 2.75) is 45.7 Å². The zero-order chi connectivity index (χ0) is 15.5. The summed E-state index contributed by atoms with van der Waals surface area (Å²) in [6, 6.07) is 6.35. The van der Waals surface area contributed by atoms with Gasteiger partial charge in [-0.3, -0.25) is 0 Å². The summed E-state index contributed by atoms with van der Waals surface area (Å²) in [4.78, 5) is 2.36. The van der Waals surface area contributed by atoms with Gasteiger partial charge >= 0.3 is 0 Å². The molecule has 2 N–H and O–H groups in total. The molecule has 0 radical (unpaired) electrons. The molecule has 3 nitrogen and oxygen atoms in total. The van der Waals surface area contributed by atoms with Crippen LogP contribution < -0.4 is 10.2 Å². The van der Waals surface area contributed by atoms with Crippen LogP contribution in [0.4, 0.5) is 5.69 Å². The summed E-state index contributed by atoms with van der Waals surface area (Å²) in [5.74, 6) is 0.465. The van der Waals surface area contributed by atoms with Crippen LogP contribution in [0.3, 0.4) is 0 Å². The minimum absolute atomic E-state index is 0.0914. The molecule has 0 atom stereocenters. The van der Waals surface area contributed by atoms with E-state index in [-0.39, 0.29) is 5.54 Å². The third-order valence-electron chi connectivity index (χ3n) is 4.08. The number of nitrogens with zero attached hydrogens (tertiary/aromatic N) is 1. The summed E-state index contributed by atoms with van der Waals surface area (Å²) in [6.45, 7) is 9.56. The summed E-state index contributed by atoms with van der Waals surface area (Å²) in [6.07, 6.45) is 2.11. The fraction of sp³-hybridized carbons (Fsp3) is 0.647. The summed E-state index contributed by atoms with van der Waals surface area (Å²) < 4.78 is 0. The molecular weight excluding hydrogens is 284 g/mol. The summed E-state index contributed by atoms with van der Waals surface area (Å²) >= 11 is 6.43. The quantitative estimate of drug-likeness (QED) is 0.894. The van der Waals surface area contributed by atoms with E-state index in [1.165, 1.54) is 5.69 Å². The van der Waals surface area contributed by atoms with Crippen LogP contribution in [0.1, 0.15) is 39.2 Å². The molecule has 1 aliphatic rings. The van der Waals surface area contributed by atoms with Crippen LogP contribution in [-0.2, 0) is 6.54 Å². The van der Waals surface area contributed by atoms with Crippen LogP contribution in [-0.4, -0.2) is 30.3 Å². The first-order valence-corrected chi connectivity index (χ1v) is 8.16. The first-order valence-electron chi connectivity index (χ1n) is 7.78. The number of halogens is 1. The monoisotopic (exact) mass is 310 g/mol. The predicted molar refractivity (Wildman–Crippen MR) is 90.1 cm³/mol. The molecule has 0 bridgehead atoms. The second-order valence-corrected chi connectivity index (χ2v) is 7.40. The Balaban J connectivity index is 1.99. The third-order valence-corrected chi connectivity index (χ3v) is 4.44. The van der Waals surface area contributed by atoms with Gasteiger partial charge in [-0.25, -0.2) is 0 Å². The van der Waals surface area contributed by atoms with Crippen LogP contribution in [0, 0.1) is 5.92 Å². The van der Waals surface area contributed by atoms with Crippen LogP contribution in [0.5, 0.6) is 0 Å². The van der Waals surface area contributed by atoms with Gasteiger partial charge in [0.1, 0.15) is 0 Å². The number of hydrogen-bond donors (Lipinski definition) is 2. The fourth-order valence-corrected chi connectivity index (χ4v) is 2.85. The number of nitrogens with one attached hydrogen (secondary N) is 1. The van der Waals surface area contributed by atoms with Gasteiger partial charge in [-0.2, -0.15) is 0 Å². The molecule has 4 heteroatoms. The van der Waals surface area contributed by atoms with Crippen molar-refractivity contribution in [1.29, 1.82) is 0 Å². The first-order chi connectivity index (χ1) is 9.89. The van der Waals surface area contributed by atoms with Gasteiger partial charge in [0.15, 0.2) is 0 Å². The Morgan fingerprint density at radius 3 is 2.48 bits per heavy atom. The molecule has 2 rings (SSSR count). The maximum Gasteiger partial charge on any atom is 0.0471 e. The highest BCUT2D eigenvalue weighted by atomic mass is 35.5. The number of piperidine rings is 1. The lowest BCUT2D eigenvalue weighted by Gasteiger charge is -2.33. The Morgan fingerprint density at radius 1 is 1.29 bits per heavy atom. The van der Waals surface area contributed by atoms with Gasteiger partial charge in [-0.15, -0.1) is 0 Å². The summed E-state index contributed by atoms with van der Waals surface area (Å²) in [5.41, 5.74) is 2.42. The van der Waals surface area contributed by atoms with Crippen molar-refractivity contribution in [3.63, 3.8) is 0 Å². The lowest BCUT2D eigenvalue weighted by atomic mass is 9.97. The molecule has 118 valence electrons. The zero-order valence-corrected chi connectivity index (χ0v) is 14.1. The topological polar surface area (TPSA) is 35.5 Å². The van der Waals surface area contributed by atoms with E-state index in [9.17, 15) is 5.11 Å². The van der Waals surface area contributed by atoms with Crippen molar-refractivity contribution >= 4 is 17.3 Å². The number of aliphatic hydroxyl groups is 1. The molecule has 0 aromatic heterocycles. The number of benzene rings is 1. The standard InChI is InChI=1S/C17H27ClN2O/c1-17(2,3)19-11-14-4-5-15(10-16(14)18)20-8-6-13(12-21)7-9-20/h4-5,10,13,19,21H,6-9,11-12H2,1-3H3. The van der Waals surface area contributed by atoms with Crippen molar-refractivity contribution in [2.75, 3.05) is 24.6 Å². The lowest BCUT2D eigenvalue weighted by molar-refractivity contribution is 0.203. The van der Waals surface area contributed by atoms with E-state index in [2.05, 4.69) is 49.2 Å². The van der Waals surface area contributed by atoms with Gasteiger partial charge in [-0.05, 0) is 57.2 Å². The van der Waals surface area contributed by atoms with E-state index in [4.69, 9.17) is 11.6 Å². The van der Waals surface area contributed by atoms with E-state index in [0.29, 0.717) is 12.5 Å². The van der Waals surface area contributed by atoms with E-state index in [0.717, 1.165) is 43.1 Å². The third kappa shape index (κ3) is 4.87. The maximum atomic E-state index is 9.21. The second kappa shape index (κ2) is 6.99. The molecule has 1 heterocycles. The maximum absolute atomic E-state index is 9.21. The Labute approximate surface area is 133 Å². The summed E-state index contributed by atoms with van der Waals surface area (Å²) in [5, 5.41) is 13.5. The normalized spacial score (nSPS) is 17.3. The number of aliphatic hydroxyl groups excluding tert-OH is 1. The number of anilines is 1. The molecule has 1 saturated heterocycles. The minimum atomic E-state index is 0.0914. The highest BCUT2D eigenvalue weighted by molar-refractivity contribution is 6.31. The molecule has 0 saturated carbocycles. The van der Waals surface area contributed by atoms with Crippen LogP contribution in [0.15, 0.2) is 18.2 Å². The Bertz CT molecular complexity index is 462. The van der Waals surface area contributed by atoms with E-state index >= 15 is 0 Å². The van der Waals surface area contributed by atoms with Crippen molar-refractivity contribution in [2.24, 2.45) is 5.92 Å². The van der Waals surface area contributed by atoms with Gasteiger partial charge < -0.3 is 15.3 Å². The van der Waals surface area contributed by atoms with Crippen LogP contribution >= 0.6 is 11.6 Å². The largest absolute Gasteiger partial charge is 0.396 e. The molecule has 0 aliphatic carbocycles. The van der Waals surface area contributed by atoms with Gasteiger partial charge in [-0.1, -0.05) is 17.7 Å². The molecule has 0 amide bonds. The van der Waals surface area contributed by atoms with Gasteiger partial charge in [0.25, 0.3) is 0 Å². The SMILES string of the molecule is CC(C)(C)NCc1ccc(N2CCC(CO)CC2)cc1Cl. The smallest absolute Gasteiger partial charge is 0.0471 e. The molecule has 0 spiro atoms. The number of hydrogen-bond acceptors (Lipinski definition) is 3. The summed E-state index contributed by atoms with van der Waals surface area (Å²) in [7, 11) is 0. The van der Waals surface area contributed by atoms with Crippen molar-refractivity contribution in [1.82, 2.24) is 5.32 Å². The van der Waals surface area contributed by atoms with E-state index < -0.39 is 0 Å². The molecule has 1 aromatic rings. The highest BCUT2D eigenvalue weighted by Gasteiger charge is 2.19. The molecule has 1 aliphatic heterocycles. The minimum Gasteiger partial charge on any atom is -0.396 e.